The van der Waals surface area contributed by atoms with E-state index in [1.165, 1.54) is 12.1 Å². The Hall–Kier alpha value is -2.93. The van der Waals surface area contributed by atoms with Gasteiger partial charge in [-0.3, -0.25) is 4.79 Å². The SMILES string of the molecule is O=C(Nc1ccc(CC(=O)N2CCOCC2)cc1)Nc1ccccc1F. The lowest BCUT2D eigenvalue weighted by Crippen LogP contribution is -2.41. The van der Waals surface area contributed by atoms with E-state index in [0.717, 1.165) is 5.56 Å². The number of ether oxygens (including phenoxy) is 1. The third-order valence-corrected chi connectivity index (χ3v) is 4.05. The van der Waals surface area contributed by atoms with Crippen molar-refractivity contribution in [3.05, 3.63) is 59.9 Å². The predicted octanol–water partition coefficient (Wildman–Crippen LogP) is 2.87. The fourth-order valence-corrected chi connectivity index (χ4v) is 2.65. The highest BCUT2D eigenvalue weighted by atomic mass is 19.1. The Morgan fingerprint density at radius 3 is 2.38 bits per heavy atom. The van der Waals surface area contributed by atoms with Crippen molar-refractivity contribution in [1.29, 1.82) is 0 Å². The lowest BCUT2D eigenvalue weighted by molar-refractivity contribution is -0.134. The van der Waals surface area contributed by atoms with Crippen LogP contribution in [0.4, 0.5) is 20.6 Å². The molecule has 3 rings (SSSR count). The molecule has 2 N–H and O–H groups in total. The van der Waals surface area contributed by atoms with E-state index < -0.39 is 11.8 Å². The number of benzene rings is 2. The summed E-state index contributed by atoms with van der Waals surface area (Å²) in [6, 6.07) is 12.4. The summed E-state index contributed by atoms with van der Waals surface area (Å²) >= 11 is 0. The van der Waals surface area contributed by atoms with Crippen LogP contribution < -0.4 is 10.6 Å². The molecule has 0 aromatic heterocycles. The zero-order valence-corrected chi connectivity index (χ0v) is 14.2. The second-order valence-corrected chi connectivity index (χ2v) is 5.93. The number of nitrogens with one attached hydrogen (secondary N) is 2. The molecule has 0 radical (unpaired) electrons. The lowest BCUT2D eigenvalue weighted by atomic mass is 10.1. The first-order chi connectivity index (χ1) is 12.6. The molecule has 0 saturated carbocycles. The van der Waals surface area contributed by atoms with Gasteiger partial charge >= 0.3 is 6.03 Å². The van der Waals surface area contributed by atoms with E-state index in [4.69, 9.17) is 4.74 Å². The molecular formula is C19H20FN3O3. The van der Waals surface area contributed by atoms with Gasteiger partial charge in [-0.1, -0.05) is 24.3 Å². The predicted molar refractivity (Wildman–Crippen MR) is 96.6 cm³/mol. The standard InChI is InChI=1S/C19H20FN3O3/c20-16-3-1-2-4-17(16)22-19(25)21-15-7-5-14(6-8-15)13-18(24)23-9-11-26-12-10-23/h1-8H,9-13H2,(H2,21,22,25). The van der Waals surface area contributed by atoms with Crippen molar-refractivity contribution in [3.63, 3.8) is 0 Å². The zero-order valence-electron chi connectivity index (χ0n) is 14.2. The molecule has 7 heteroatoms. The summed E-state index contributed by atoms with van der Waals surface area (Å²) in [7, 11) is 0. The summed E-state index contributed by atoms with van der Waals surface area (Å²) in [5, 5.41) is 5.08. The highest BCUT2D eigenvalue weighted by Gasteiger charge is 2.17. The molecule has 26 heavy (non-hydrogen) atoms. The van der Waals surface area contributed by atoms with Crippen molar-refractivity contribution < 1.29 is 18.7 Å². The number of morpholine rings is 1. The highest BCUT2D eigenvalue weighted by Crippen LogP contribution is 2.15. The van der Waals surface area contributed by atoms with Gasteiger partial charge in [-0.25, -0.2) is 9.18 Å². The van der Waals surface area contributed by atoms with E-state index in [2.05, 4.69) is 10.6 Å². The molecule has 1 fully saturated rings. The molecule has 0 bridgehead atoms. The number of hydrogen-bond donors (Lipinski definition) is 2. The monoisotopic (exact) mass is 357 g/mol. The van der Waals surface area contributed by atoms with Gasteiger partial charge in [-0.05, 0) is 29.8 Å². The molecule has 0 atom stereocenters. The summed E-state index contributed by atoms with van der Waals surface area (Å²) in [6.45, 7) is 2.39. The summed E-state index contributed by atoms with van der Waals surface area (Å²) in [5.41, 5.74) is 1.53. The van der Waals surface area contributed by atoms with Crippen molar-refractivity contribution in [2.75, 3.05) is 36.9 Å². The molecule has 0 spiro atoms. The Morgan fingerprint density at radius 2 is 1.69 bits per heavy atom. The van der Waals surface area contributed by atoms with Crippen molar-refractivity contribution in [2.45, 2.75) is 6.42 Å². The van der Waals surface area contributed by atoms with E-state index in [0.29, 0.717) is 38.4 Å². The summed E-state index contributed by atoms with van der Waals surface area (Å²) in [6.07, 6.45) is 0.307. The van der Waals surface area contributed by atoms with Gasteiger partial charge in [0.15, 0.2) is 0 Å². The number of hydrogen-bond acceptors (Lipinski definition) is 3. The van der Waals surface area contributed by atoms with Crippen LogP contribution in [-0.4, -0.2) is 43.1 Å². The van der Waals surface area contributed by atoms with Gasteiger partial charge in [0.2, 0.25) is 5.91 Å². The first kappa shape index (κ1) is 17.9. The van der Waals surface area contributed by atoms with Crippen molar-refractivity contribution >= 4 is 23.3 Å². The van der Waals surface area contributed by atoms with Crippen LogP contribution in [0.3, 0.4) is 0 Å². The summed E-state index contributed by atoms with van der Waals surface area (Å²) < 4.78 is 18.8. The molecule has 2 aromatic carbocycles. The van der Waals surface area contributed by atoms with Gasteiger partial charge in [0.25, 0.3) is 0 Å². The van der Waals surface area contributed by atoms with Gasteiger partial charge in [0.05, 0.1) is 25.3 Å². The summed E-state index contributed by atoms with van der Waals surface area (Å²) in [5.74, 6) is -0.439. The fourth-order valence-electron chi connectivity index (χ4n) is 2.65. The third-order valence-electron chi connectivity index (χ3n) is 4.05. The van der Waals surface area contributed by atoms with Crippen LogP contribution in [0.5, 0.6) is 0 Å². The Morgan fingerprint density at radius 1 is 1.00 bits per heavy atom. The number of carbonyl (C=O) groups excluding carboxylic acids is 2. The number of urea groups is 1. The molecule has 0 unspecified atom stereocenters. The first-order valence-electron chi connectivity index (χ1n) is 8.39. The minimum atomic E-state index is -0.535. The number of amides is 3. The smallest absolute Gasteiger partial charge is 0.323 e. The van der Waals surface area contributed by atoms with Crippen molar-refractivity contribution in [1.82, 2.24) is 4.90 Å². The van der Waals surface area contributed by atoms with E-state index in [-0.39, 0.29) is 11.6 Å². The topological polar surface area (TPSA) is 70.7 Å². The number of para-hydroxylation sites is 1. The molecule has 1 aliphatic heterocycles. The number of halogens is 1. The Bertz CT molecular complexity index is 774. The summed E-state index contributed by atoms with van der Waals surface area (Å²) in [4.78, 5) is 26.0. The van der Waals surface area contributed by atoms with Crippen LogP contribution in [0.1, 0.15) is 5.56 Å². The van der Waals surface area contributed by atoms with E-state index in [9.17, 15) is 14.0 Å². The first-order valence-corrected chi connectivity index (χ1v) is 8.39. The van der Waals surface area contributed by atoms with Crippen LogP contribution in [-0.2, 0) is 16.0 Å². The molecule has 0 aliphatic carbocycles. The quantitative estimate of drug-likeness (QED) is 0.884. The second kappa shape index (κ2) is 8.44. The average molecular weight is 357 g/mol. The molecule has 2 aromatic rings. The minimum absolute atomic E-state index is 0.0614. The third kappa shape index (κ3) is 4.80. The normalized spacial score (nSPS) is 14.0. The van der Waals surface area contributed by atoms with Gasteiger partial charge in [-0.15, -0.1) is 0 Å². The molecule has 6 nitrogen and oxygen atoms in total. The van der Waals surface area contributed by atoms with Crippen LogP contribution in [0.2, 0.25) is 0 Å². The molecule has 136 valence electrons. The number of nitrogens with zero attached hydrogens (tertiary/aromatic N) is 1. The van der Waals surface area contributed by atoms with Crippen molar-refractivity contribution in [2.24, 2.45) is 0 Å². The molecule has 1 heterocycles. The van der Waals surface area contributed by atoms with Crippen LogP contribution >= 0.6 is 0 Å². The Kier molecular flexibility index (Phi) is 5.80. The Labute approximate surface area is 150 Å². The van der Waals surface area contributed by atoms with E-state index >= 15 is 0 Å². The van der Waals surface area contributed by atoms with Gasteiger partial charge in [0.1, 0.15) is 5.82 Å². The number of carbonyl (C=O) groups is 2. The van der Waals surface area contributed by atoms with Crippen LogP contribution in [0.15, 0.2) is 48.5 Å². The second-order valence-electron chi connectivity index (χ2n) is 5.93. The average Bonchev–Trinajstić information content (AvgIpc) is 2.66. The largest absolute Gasteiger partial charge is 0.378 e. The molecule has 3 amide bonds. The number of anilines is 2. The van der Waals surface area contributed by atoms with Crippen LogP contribution in [0.25, 0.3) is 0 Å². The zero-order chi connectivity index (χ0) is 18.4. The number of rotatable bonds is 4. The minimum Gasteiger partial charge on any atom is -0.378 e. The van der Waals surface area contributed by atoms with E-state index in [1.54, 1.807) is 41.3 Å². The molecule has 1 saturated heterocycles. The van der Waals surface area contributed by atoms with Crippen LogP contribution in [0, 0.1) is 5.82 Å². The van der Waals surface area contributed by atoms with Crippen molar-refractivity contribution in [3.8, 4) is 0 Å². The van der Waals surface area contributed by atoms with Gasteiger partial charge < -0.3 is 20.3 Å². The van der Waals surface area contributed by atoms with Gasteiger partial charge in [-0.2, -0.15) is 0 Å². The highest BCUT2D eigenvalue weighted by molar-refractivity contribution is 5.99. The molecular weight excluding hydrogens is 337 g/mol. The van der Waals surface area contributed by atoms with Gasteiger partial charge in [0, 0.05) is 18.8 Å². The Balaban J connectivity index is 1.53. The maximum absolute atomic E-state index is 13.5. The maximum atomic E-state index is 13.5. The maximum Gasteiger partial charge on any atom is 0.323 e. The fraction of sp³-hybridized carbons (Fsp3) is 0.263. The lowest BCUT2D eigenvalue weighted by Gasteiger charge is -2.26. The van der Waals surface area contributed by atoms with E-state index in [1.807, 2.05) is 0 Å². The molecule has 1 aliphatic rings.